The Morgan fingerprint density at radius 3 is 0.918 bits per heavy atom. The van der Waals surface area contributed by atoms with Crippen molar-refractivity contribution < 1.29 is 100.0 Å². The Bertz CT molecular complexity index is 4080. The molecule has 98 heavy (non-hydrogen) atoms. The maximum absolute atomic E-state index is 8.35. The van der Waals surface area contributed by atoms with Crippen molar-refractivity contribution in [2.24, 2.45) is 0 Å². The number of carbonyl (C=O) groups excluding carboxylic acids is 2. The number of hydrogen-bond donors (Lipinski definition) is 2. The number of benzene rings is 4. The molecule has 32 heteroatoms. The molecule has 14 rings (SSSR count). The number of aliphatic hydroxyl groups excluding tert-OH is 2. The second kappa shape index (κ2) is 32.0. The molecule has 0 bridgehead atoms. The van der Waals surface area contributed by atoms with Crippen LogP contribution in [0.4, 0.5) is 0 Å². The van der Waals surface area contributed by atoms with E-state index in [2.05, 4.69) is 123 Å². The molecule has 0 amide bonds. The van der Waals surface area contributed by atoms with Gasteiger partial charge < -0.3 is 57.0 Å². The van der Waals surface area contributed by atoms with E-state index in [0.717, 1.165) is 116 Å². The van der Waals surface area contributed by atoms with Crippen LogP contribution in [-0.2, 0) is 97.9 Å². The third-order valence-electron chi connectivity index (χ3n) is 18.9. The summed E-state index contributed by atoms with van der Waals surface area (Å²) >= 11 is 4.84. The third kappa shape index (κ3) is 17.1. The maximum atomic E-state index is 8.35. The van der Waals surface area contributed by atoms with Crippen LogP contribution in [0.15, 0.2) is 73.1 Å². The molecule has 6 aromatic heterocycles. The van der Waals surface area contributed by atoms with Gasteiger partial charge in [0.25, 0.3) is 0 Å². The number of aromatic nitrogens is 10. The molecule has 0 aliphatic carbocycles. The van der Waals surface area contributed by atoms with E-state index in [0.29, 0.717) is 0 Å². The summed E-state index contributed by atoms with van der Waals surface area (Å²) in [4.78, 5) is 25.7. The Balaban J connectivity index is 0.000000238. The normalized spacial score (nSPS) is 18.8. The fourth-order valence-corrected chi connectivity index (χ4v) is 12.6. The molecule has 0 spiro atoms. The van der Waals surface area contributed by atoms with Crippen LogP contribution in [0.3, 0.4) is 0 Å². The van der Waals surface area contributed by atoms with Gasteiger partial charge >= 0.3 is 28.3 Å². The van der Waals surface area contributed by atoms with Crippen LogP contribution >= 0.6 is 46.9 Å². The van der Waals surface area contributed by atoms with Gasteiger partial charge in [0.15, 0.2) is 0 Å². The van der Waals surface area contributed by atoms with Gasteiger partial charge in [0.05, 0.1) is 103 Å². The van der Waals surface area contributed by atoms with Crippen LogP contribution in [0, 0.1) is 0 Å². The van der Waals surface area contributed by atoms with Gasteiger partial charge in [0.1, 0.15) is 44.1 Å². The van der Waals surface area contributed by atoms with E-state index in [1.165, 1.54) is 58.0 Å². The Hall–Kier alpha value is -4.52. The van der Waals surface area contributed by atoms with E-state index >= 15 is 0 Å². The quantitative estimate of drug-likeness (QED) is 0.0941. The van der Waals surface area contributed by atoms with Crippen molar-refractivity contribution in [3.8, 4) is 11.4 Å². The molecule has 2 radical (unpaired) electrons. The van der Waals surface area contributed by atoms with Gasteiger partial charge in [-0.25, -0.2) is 0 Å². The molecule has 4 fully saturated rings. The van der Waals surface area contributed by atoms with Gasteiger partial charge in [-0.05, 0) is 193 Å². The molecule has 4 aromatic carbocycles. The fourth-order valence-electron chi connectivity index (χ4n) is 10.4. The Morgan fingerprint density at radius 1 is 0.378 bits per heavy atom. The van der Waals surface area contributed by atoms with Crippen molar-refractivity contribution >= 4 is 165 Å². The van der Waals surface area contributed by atoms with Gasteiger partial charge in [-0.3, -0.25) is 23.5 Å². The minimum Gasteiger partial charge on any atom is -0.545 e. The smallest absolute Gasteiger partial charge is 0.497 e. The van der Waals surface area contributed by atoms with Crippen molar-refractivity contribution in [1.82, 2.24) is 45.0 Å². The van der Waals surface area contributed by atoms with Crippen LogP contribution in [0.2, 0.25) is 0 Å². The number of fused-ring (bicyclic) bond motifs is 10. The summed E-state index contributed by atoms with van der Waals surface area (Å²) in [5.41, 5.74) is 10.1. The van der Waals surface area contributed by atoms with Gasteiger partial charge in [-0.2, -0.15) is 37.7 Å². The monoisotopic (exact) mass is 1770 g/mol. The molecule has 0 unspecified atom stereocenters. The van der Waals surface area contributed by atoms with Gasteiger partial charge in [0, 0.05) is 99.3 Å². The van der Waals surface area contributed by atoms with E-state index in [-0.39, 0.29) is 73.4 Å². The molecule has 0 atom stereocenters. The zero-order valence-corrected chi connectivity index (χ0v) is 68.0. The first-order chi connectivity index (χ1) is 45.6. The van der Waals surface area contributed by atoms with Crippen LogP contribution in [0.1, 0.15) is 166 Å². The molecule has 4 saturated heterocycles. The molecule has 22 nitrogen and oxygen atoms in total. The molecule has 2 N–H and O–H groups in total. The average molecular weight is 1770 g/mol. The SMILES string of the molecule is CC(C)(C)c1ccnc(-c2cc(C(C)(C)C)ccn2)c1.CC1(C)OB(B2OC(C)(C)C(C)(C)O2)OC1(C)C.CC1(C)OB(c2cc3c(cc(B4OC(C)(C)C(C)(C)O4)c4nsnc43)c3nsnc23)OC1(C)C.CO.CO.[2H][C-]=O.[2H][C-]=O.[Ir].[Ir].c1cc2c(ccc3nsnc32)c2nsnc12. The first-order valence-corrected chi connectivity index (χ1v) is 34.0. The summed E-state index contributed by atoms with van der Waals surface area (Å²) in [5, 5.41) is 18.1. The number of rotatable bonds is 4. The van der Waals surface area contributed by atoms with Gasteiger partial charge in [-0.1, -0.05) is 41.5 Å². The number of pyridine rings is 2. The largest absolute Gasteiger partial charge is 0.545 e. The van der Waals surface area contributed by atoms with Gasteiger partial charge in [0.2, 0.25) is 0 Å². The first-order valence-electron chi connectivity index (χ1n) is 32.1. The van der Waals surface area contributed by atoms with E-state index in [1.54, 1.807) is 0 Å². The number of aliphatic hydroxyl groups is 2. The minimum absolute atomic E-state index is 0. The predicted octanol–water partition coefficient (Wildman–Crippen LogP) is 11.9. The van der Waals surface area contributed by atoms with E-state index in [1.807, 2.05) is 147 Å². The minimum atomic E-state index is -0.551. The standard InChI is InChI=1S/C22H26B2N4O4S2.C18H24N2.C12H24B2O4.C10H4N4S2.2CH4O.2CHO.2Ir/c1-19(2)20(3,4)30-23(29-19)13-9-11-12(15-17(13)27-33-25-15)10-14(18-16(11)26-34-28-18)24-31-21(5,6)22(7,8)32-24;1-17(2,3)13-7-9-19-15(11-13)16-12-14(8-10-20-16)18(4,5)6;1-9(2)10(3,4)16-13(15-9)14-17-11(5,6)12(7,8)18-14;1-3-7-10(14-15-11-7)6-2-4-8-9(5(1)6)13-16-12-8;4*1-2;;/h9-10H,1-8H3;7-12H,1-6H3;1-8H3;1-4H;2*2H,1H3;2*1H;;/q;;;;;;2*-1;;/i;;;;;;2*1D;;. The summed E-state index contributed by atoms with van der Waals surface area (Å²) in [6, 6.07) is 20.7. The van der Waals surface area contributed by atoms with Crippen molar-refractivity contribution in [3.63, 3.8) is 0 Å². The van der Waals surface area contributed by atoms with Crippen molar-refractivity contribution in [2.45, 2.75) is 208 Å². The molecule has 10 aromatic rings. The van der Waals surface area contributed by atoms with Crippen LogP contribution < -0.4 is 10.9 Å². The molecule has 10 heterocycles. The Morgan fingerprint density at radius 2 is 0.633 bits per heavy atom. The second-order valence-corrected chi connectivity index (χ2v) is 31.3. The number of hydrogen-bond acceptors (Lipinski definition) is 26. The van der Waals surface area contributed by atoms with Crippen molar-refractivity contribution in [3.05, 3.63) is 84.2 Å². The summed E-state index contributed by atoms with van der Waals surface area (Å²) in [5.74, 6) is 0. The summed E-state index contributed by atoms with van der Waals surface area (Å²) in [7, 11) is -0.0532. The van der Waals surface area contributed by atoms with E-state index in [4.69, 9.17) is 59.8 Å². The Kier molecular flexibility index (Phi) is 26.4. The zero-order chi connectivity index (χ0) is 73.2. The topological polar surface area (TPSA) is 277 Å². The molecular weight excluding hydrogens is 1680 g/mol. The first kappa shape index (κ1) is 80.8. The summed E-state index contributed by atoms with van der Waals surface area (Å²) < 4.78 is 95.8. The van der Waals surface area contributed by atoms with E-state index in [9.17, 15) is 0 Å². The molecule has 4 aliphatic heterocycles. The average Bonchev–Trinajstić information content (AvgIpc) is 1.54. The fraction of sp³-hybridized carbons (Fsp3) is 0.515. The summed E-state index contributed by atoms with van der Waals surface area (Å²) in [6.07, 6.45) is 3.75. The third-order valence-corrected chi connectivity index (χ3v) is 21.0. The van der Waals surface area contributed by atoms with Crippen molar-refractivity contribution in [2.75, 3.05) is 14.2 Å². The molecule has 530 valence electrons. The Labute approximate surface area is 623 Å². The van der Waals surface area contributed by atoms with Crippen LogP contribution in [-0.4, -0.2) is 156 Å². The van der Waals surface area contributed by atoms with E-state index < -0.39 is 50.7 Å². The second-order valence-electron chi connectivity index (χ2n) is 29.2. The van der Waals surface area contributed by atoms with Crippen molar-refractivity contribution in [1.29, 1.82) is 0 Å². The van der Waals surface area contributed by atoms with Crippen LogP contribution in [0.25, 0.3) is 77.1 Å². The zero-order valence-electron chi connectivity index (χ0n) is 62.0. The number of nitrogens with zero attached hydrogens (tertiary/aromatic N) is 10. The van der Waals surface area contributed by atoms with Gasteiger partial charge in [-0.15, -0.1) is 0 Å². The molecule has 0 saturated carbocycles. The van der Waals surface area contributed by atoms with Crippen LogP contribution in [0.5, 0.6) is 0 Å². The maximum Gasteiger partial charge on any atom is 0.497 e. The molecule has 4 aliphatic rings. The summed E-state index contributed by atoms with van der Waals surface area (Å²) in [6.45, 7) is 47.4. The predicted molar refractivity (Wildman–Crippen MR) is 390 cm³/mol. The molecular formula is C66H88B4Ir2N10O12S4-2.